The van der Waals surface area contributed by atoms with Crippen molar-refractivity contribution < 1.29 is 14.0 Å². The molecule has 196 valence electrons. The van der Waals surface area contributed by atoms with Gasteiger partial charge in [-0.3, -0.25) is 25.0 Å². The first-order chi connectivity index (χ1) is 18.7. The molecule has 1 N–H and O–H groups in total. The largest absolute Gasteiger partial charge is 0.422 e. The summed E-state index contributed by atoms with van der Waals surface area (Å²) in [7, 11) is 0. The van der Waals surface area contributed by atoms with E-state index in [9.17, 15) is 14.4 Å². The Morgan fingerprint density at radius 3 is 2.38 bits per heavy atom. The van der Waals surface area contributed by atoms with Crippen LogP contribution in [0, 0.1) is 5.41 Å². The number of carbonyl (C=O) groups excluding carboxylic acids is 2. The number of ketones is 1. The summed E-state index contributed by atoms with van der Waals surface area (Å²) in [6, 6.07) is 15.4. The van der Waals surface area contributed by atoms with Crippen LogP contribution in [0.3, 0.4) is 0 Å². The average Bonchev–Trinajstić information content (AvgIpc) is 2.89. The second-order valence-corrected chi connectivity index (χ2v) is 11.3. The number of rotatable bonds is 3. The van der Waals surface area contributed by atoms with Crippen LogP contribution in [0.1, 0.15) is 54.1 Å². The number of Topliss-reactive ketones (excluding diaryl/α,β-unsaturated/α-hetero) is 1. The van der Waals surface area contributed by atoms with Gasteiger partial charge in [0.05, 0.1) is 17.2 Å². The molecule has 1 aliphatic heterocycles. The maximum absolute atomic E-state index is 13.9. The molecule has 1 amide bonds. The van der Waals surface area contributed by atoms with Gasteiger partial charge in [-0.1, -0.05) is 55.2 Å². The van der Waals surface area contributed by atoms with Crippen LogP contribution in [0.4, 0.5) is 5.69 Å². The summed E-state index contributed by atoms with van der Waals surface area (Å²) in [6.45, 7) is 4.00. The van der Waals surface area contributed by atoms with E-state index in [4.69, 9.17) is 27.6 Å². The van der Waals surface area contributed by atoms with Gasteiger partial charge in [0.2, 0.25) is 0 Å². The highest BCUT2D eigenvalue weighted by Gasteiger charge is 2.47. The van der Waals surface area contributed by atoms with Gasteiger partial charge in [0, 0.05) is 56.6 Å². The molecule has 1 aliphatic carbocycles. The summed E-state index contributed by atoms with van der Waals surface area (Å²) in [5.41, 5.74) is 4.67. The SMILES string of the molecule is CC1(C)CC(=O)C2=C(C1)N(NC(=O)c1ccncc1)c1c(c(=O)oc3ccccc13)C2c1c(Cl)cccc1Cl. The highest BCUT2D eigenvalue weighted by Crippen LogP contribution is 2.53. The van der Waals surface area contributed by atoms with E-state index in [1.54, 1.807) is 47.5 Å². The number of anilines is 1. The van der Waals surface area contributed by atoms with Crippen LogP contribution in [0.25, 0.3) is 11.0 Å². The average molecular weight is 560 g/mol. The summed E-state index contributed by atoms with van der Waals surface area (Å²) in [6.07, 6.45) is 3.76. The van der Waals surface area contributed by atoms with Gasteiger partial charge in [-0.2, -0.15) is 0 Å². The van der Waals surface area contributed by atoms with Crippen molar-refractivity contribution in [2.24, 2.45) is 5.41 Å². The Hall–Kier alpha value is -3.94. The van der Waals surface area contributed by atoms with Crippen molar-refractivity contribution in [2.75, 3.05) is 5.01 Å². The van der Waals surface area contributed by atoms with Crippen molar-refractivity contribution in [3.63, 3.8) is 0 Å². The smallest absolute Gasteiger partial charge is 0.342 e. The highest BCUT2D eigenvalue weighted by molar-refractivity contribution is 6.36. The molecular formula is C30H23Cl2N3O4. The molecule has 9 heteroatoms. The van der Waals surface area contributed by atoms with Gasteiger partial charge in [0.25, 0.3) is 5.91 Å². The lowest BCUT2D eigenvalue weighted by Gasteiger charge is -2.44. The number of pyridine rings is 1. The van der Waals surface area contributed by atoms with E-state index in [2.05, 4.69) is 10.4 Å². The lowest BCUT2D eigenvalue weighted by atomic mass is 9.68. The van der Waals surface area contributed by atoms with E-state index in [0.29, 0.717) is 55.5 Å². The van der Waals surface area contributed by atoms with Crippen LogP contribution in [0.15, 0.2) is 87.5 Å². The minimum absolute atomic E-state index is 0.149. The van der Waals surface area contributed by atoms with E-state index >= 15 is 0 Å². The number of benzene rings is 2. The number of para-hydroxylation sites is 1. The van der Waals surface area contributed by atoms with E-state index < -0.39 is 22.9 Å². The molecule has 0 bridgehead atoms. The number of fused-ring (bicyclic) bond motifs is 3. The van der Waals surface area contributed by atoms with Crippen LogP contribution < -0.4 is 16.1 Å². The van der Waals surface area contributed by atoms with Crippen LogP contribution in [0.5, 0.6) is 0 Å². The third-order valence-corrected chi connectivity index (χ3v) is 7.89. The Morgan fingerprint density at radius 2 is 1.67 bits per heavy atom. The second-order valence-electron chi connectivity index (χ2n) is 10.5. The molecule has 0 radical (unpaired) electrons. The number of halogens is 2. The molecule has 4 aromatic rings. The van der Waals surface area contributed by atoms with E-state index in [0.717, 1.165) is 0 Å². The minimum atomic E-state index is -0.880. The van der Waals surface area contributed by atoms with Gasteiger partial charge in [-0.25, -0.2) is 4.79 Å². The molecular weight excluding hydrogens is 537 g/mol. The molecule has 1 unspecified atom stereocenters. The first-order valence-electron chi connectivity index (χ1n) is 12.4. The molecule has 6 rings (SSSR count). The van der Waals surface area contributed by atoms with Gasteiger partial charge in [-0.05, 0) is 48.2 Å². The zero-order valence-corrected chi connectivity index (χ0v) is 22.6. The zero-order valence-electron chi connectivity index (χ0n) is 21.1. The second kappa shape index (κ2) is 9.36. The summed E-state index contributed by atoms with van der Waals surface area (Å²) in [4.78, 5) is 45.2. The van der Waals surface area contributed by atoms with Gasteiger partial charge >= 0.3 is 5.63 Å². The molecule has 7 nitrogen and oxygen atoms in total. The number of hydrazine groups is 1. The van der Waals surface area contributed by atoms with Crippen molar-refractivity contribution in [3.05, 3.63) is 115 Å². The Bertz CT molecular complexity index is 1740. The van der Waals surface area contributed by atoms with Crippen LogP contribution >= 0.6 is 23.2 Å². The van der Waals surface area contributed by atoms with Crippen LogP contribution in [-0.4, -0.2) is 16.7 Å². The van der Waals surface area contributed by atoms with E-state index in [-0.39, 0.29) is 17.8 Å². The summed E-state index contributed by atoms with van der Waals surface area (Å²) in [5, 5.41) is 2.83. The van der Waals surface area contributed by atoms with Crippen molar-refractivity contribution in [3.8, 4) is 0 Å². The summed E-state index contributed by atoms with van der Waals surface area (Å²) >= 11 is 13.4. The molecule has 0 fully saturated rings. The van der Waals surface area contributed by atoms with E-state index in [1.165, 1.54) is 12.4 Å². The maximum atomic E-state index is 13.9. The van der Waals surface area contributed by atoms with Crippen molar-refractivity contribution in [2.45, 2.75) is 32.6 Å². The fourth-order valence-corrected chi connectivity index (χ4v) is 6.24. The highest BCUT2D eigenvalue weighted by atomic mass is 35.5. The number of allylic oxidation sites excluding steroid dienone is 2. The van der Waals surface area contributed by atoms with Crippen LogP contribution in [0.2, 0.25) is 10.0 Å². The molecule has 39 heavy (non-hydrogen) atoms. The van der Waals surface area contributed by atoms with Crippen molar-refractivity contribution in [1.82, 2.24) is 10.4 Å². The van der Waals surface area contributed by atoms with E-state index in [1.807, 2.05) is 26.0 Å². The topological polar surface area (TPSA) is 92.5 Å². The van der Waals surface area contributed by atoms with Crippen molar-refractivity contribution >= 4 is 51.5 Å². The third kappa shape index (κ3) is 4.22. The van der Waals surface area contributed by atoms with Gasteiger partial charge in [0.15, 0.2) is 5.78 Å². The fraction of sp³-hybridized carbons (Fsp3) is 0.200. The number of nitrogens with one attached hydrogen (secondary N) is 1. The standard InChI is InChI=1S/C30H23Cl2N3O4/c1-30(2)14-20-24(21(36)15-30)25(23-18(31)7-5-8-19(23)32)26-27(17-6-3-4-9-22(17)39-29(26)38)35(20)34-28(37)16-10-12-33-13-11-16/h3-13,25H,14-15H2,1-2H3,(H,34,37). The fourth-order valence-electron chi connectivity index (χ4n) is 5.62. The molecule has 2 aromatic carbocycles. The molecule has 0 saturated heterocycles. The van der Waals surface area contributed by atoms with Crippen LogP contribution in [-0.2, 0) is 4.79 Å². The zero-order chi connectivity index (χ0) is 27.5. The van der Waals surface area contributed by atoms with Gasteiger partial charge in [-0.15, -0.1) is 0 Å². The molecule has 0 spiro atoms. The summed E-state index contributed by atoms with van der Waals surface area (Å²) < 4.78 is 5.76. The first-order valence-corrected chi connectivity index (χ1v) is 13.2. The maximum Gasteiger partial charge on any atom is 0.342 e. The summed E-state index contributed by atoms with van der Waals surface area (Å²) in [5.74, 6) is -1.45. The Morgan fingerprint density at radius 1 is 0.974 bits per heavy atom. The Balaban J connectivity index is 1.71. The number of amides is 1. The molecule has 0 saturated carbocycles. The quantitative estimate of drug-likeness (QED) is 0.290. The Kier molecular flexibility index (Phi) is 6.08. The number of nitrogens with zero attached hydrogens (tertiary/aromatic N) is 2. The van der Waals surface area contributed by atoms with Gasteiger partial charge in [0.1, 0.15) is 5.58 Å². The molecule has 1 atom stereocenters. The predicted octanol–water partition coefficient (Wildman–Crippen LogP) is 6.43. The molecule has 3 heterocycles. The molecule has 2 aromatic heterocycles. The third-order valence-electron chi connectivity index (χ3n) is 7.23. The number of carbonyl (C=O) groups is 2. The predicted molar refractivity (Wildman–Crippen MR) is 150 cm³/mol. The lowest BCUT2D eigenvalue weighted by molar-refractivity contribution is -0.118. The molecule has 2 aliphatic rings. The first kappa shape index (κ1) is 25.3. The monoisotopic (exact) mass is 559 g/mol. The Labute approximate surface area is 234 Å². The van der Waals surface area contributed by atoms with Gasteiger partial charge < -0.3 is 4.42 Å². The normalized spacial score (nSPS) is 18.1. The number of hydrogen-bond acceptors (Lipinski definition) is 6. The van der Waals surface area contributed by atoms with Crippen molar-refractivity contribution in [1.29, 1.82) is 0 Å². The number of hydrogen-bond donors (Lipinski definition) is 1. The lowest BCUT2D eigenvalue weighted by Crippen LogP contribution is -2.49. The number of aromatic nitrogens is 1. The minimum Gasteiger partial charge on any atom is -0.422 e.